The molecule has 2 aromatic carbocycles. The van der Waals surface area contributed by atoms with E-state index in [0.29, 0.717) is 24.6 Å². The Morgan fingerprint density at radius 1 is 0.735 bits per heavy atom. The first-order valence-electron chi connectivity index (χ1n) is 10.9. The van der Waals surface area contributed by atoms with Crippen LogP contribution >= 0.6 is 31.9 Å². The average molecular weight is 600 g/mol. The zero-order chi connectivity index (χ0) is 24.8. The largest absolute Gasteiger partial charge is 0.504 e. The van der Waals surface area contributed by atoms with Crippen LogP contribution < -0.4 is 20.1 Å². The summed E-state index contributed by atoms with van der Waals surface area (Å²) in [6.07, 6.45) is 5.35. The number of phenols is 2. The van der Waals surface area contributed by atoms with E-state index in [1.807, 2.05) is 24.6 Å². The molecule has 0 aliphatic heterocycles. The third-order valence-electron chi connectivity index (χ3n) is 4.84. The second kappa shape index (κ2) is 15.7. The highest BCUT2D eigenvalue weighted by molar-refractivity contribution is 9.10. The number of nitrogens with one attached hydrogen (secondary N) is 2. The number of methoxy groups -OCH3 is 2. The molecule has 2 rings (SSSR count). The van der Waals surface area contributed by atoms with Crippen molar-refractivity contribution in [2.24, 2.45) is 9.98 Å². The Kier molecular flexibility index (Phi) is 13.0. The first-order chi connectivity index (χ1) is 16.5. The summed E-state index contributed by atoms with van der Waals surface area (Å²) >= 11 is 6.82. The smallest absolute Gasteiger partial charge is 0.162 e. The van der Waals surface area contributed by atoms with Crippen LogP contribution in [-0.4, -0.2) is 63.0 Å². The van der Waals surface area contributed by atoms with Gasteiger partial charge in [-0.1, -0.05) is 31.9 Å². The summed E-state index contributed by atoms with van der Waals surface area (Å²) in [5, 5.41) is 27.0. The summed E-state index contributed by atoms with van der Waals surface area (Å²) in [4.78, 5) is 8.76. The molecule has 0 aliphatic carbocycles. The minimum Gasteiger partial charge on any atom is -0.504 e. The van der Waals surface area contributed by atoms with Crippen LogP contribution in [0.3, 0.4) is 0 Å². The zero-order valence-electron chi connectivity index (χ0n) is 19.5. The van der Waals surface area contributed by atoms with Crippen molar-refractivity contribution in [1.29, 1.82) is 0 Å². The van der Waals surface area contributed by atoms with Crippen LogP contribution in [0, 0.1) is 0 Å². The van der Waals surface area contributed by atoms with Gasteiger partial charge in [0.25, 0.3) is 0 Å². The summed E-state index contributed by atoms with van der Waals surface area (Å²) in [5.74, 6) is 1.13. The predicted molar refractivity (Wildman–Crippen MR) is 144 cm³/mol. The van der Waals surface area contributed by atoms with E-state index in [1.165, 1.54) is 14.2 Å². The number of nitrogens with zero attached hydrogens (tertiary/aromatic N) is 2. The number of hydrogen-bond donors (Lipinski definition) is 4. The number of halogens is 2. The van der Waals surface area contributed by atoms with E-state index in [-0.39, 0.29) is 11.5 Å². The van der Waals surface area contributed by atoms with E-state index < -0.39 is 0 Å². The molecular formula is C24H32Br2N4O4. The number of benzene rings is 2. The maximum atomic E-state index is 10.1. The molecule has 34 heavy (non-hydrogen) atoms. The zero-order valence-corrected chi connectivity index (χ0v) is 22.7. The monoisotopic (exact) mass is 598 g/mol. The van der Waals surface area contributed by atoms with Gasteiger partial charge in [0.05, 0.1) is 27.3 Å². The van der Waals surface area contributed by atoms with Gasteiger partial charge in [0.15, 0.2) is 23.0 Å². The van der Waals surface area contributed by atoms with Crippen LogP contribution in [-0.2, 0) is 13.1 Å². The Labute approximate surface area is 217 Å². The molecule has 0 amide bonds. The van der Waals surface area contributed by atoms with Gasteiger partial charge in [-0.2, -0.15) is 0 Å². The number of hydrogen-bond acceptors (Lipinski definition) is 8. The SMILES string of the molecule is COc1cc(Br)cc(C/N=C\CCNCCNCC/C=N\Cc2cc(Br)cc(OC)c2O)c1O. The minimum atomic E-state index is 0.128. The van der Waals surface area contributed by atoms with Gasteiger partial charge in [0.1, 0.15) is 0 Å². The lowest BCUT2D eigenvalue weighted by atomic mass is 10.2. The summed E-state index contributed by atoms with van der Waals surface area (Å²) in [7, 11) is 3.05. The molecule has 0 unspecified atom stereocenters. The molecule has 10 heteroatoms. The van der Waals surface area contributed by atoms with Crippen molar-refractivity contribution >= 4 is 44.3 Å². The third kappa shape index (κ3) is 9.61. The van der Waals surface area contributed by atoms with Gasteiger partial charge in [-0.3, -0.25) is 9.98 Å². The van der Waals surface area contributed by atoms with E-state index >= 15 is 0 Å². The highest BCUT2D eigenvalue weighted by atomic mass is 79.9. The minimum absolute atomic E-state index is 0.128. The normalized spacial score (nSPS) is 11.5. The molecule has 0 atom stereocenters. The quantitative estimate of drug-likeness (QED) is 0.178. The highest BCUT2D eigenvalue weighted by Crippen LogP contribution is 2.34. The first-order valence-corrected chi connectivity index (χ1v) is 12.5. The Balaban J connectivity index is 1.52. The molecular weight excluding hydrogens is 568 g/mol. The number of phenolic OH excluding ortho intramolecular Hbond substituents is 2. The van der Waals surface area contributed by atoms with E-state index in [9.17, 15) is 10.2 Å². The fourth-order valence-electron chi connectivity index (χ4n) is 3.08. The summed E-state index contributed by atoms with van der Waals surface area (Å²) < 4.78 is 12.0. The maximum absolute atomic E-state index is 10.1. The number of aliphatic imine (C=N–C) groups is 2. The van der Waals surface area contributed by atoms with Crippen molar-refractivity contribution in [3.8, 4) is 23.0 Å². The summed E-state index contributed by atoms with van der Waals surface area (Å²) in [5.41, 5.74) is 1.44. The molecule has 0 aromatic heterocycles. The van der Waals surface area contributed by atoms with Crippen LogP contribution in [0.25, 0.3) is 0 Å². The van der Waals surface area contributed by atoms with Crippen molar-refractivity contribution < 1.29 is 19.7 Å². The number of aromatic hydroxyl groups is 2. The summed E-state index contributed by atoms with van der Waals surface area (Å²) in [6.45, 7) is 4.19. The molecule has 0 radical (unpaired) electrons. The molecule has 0 heterocycles. The molecule has 0 bridgehead atoms. The van der Waals surface area contributed by atoms with Gasteiger partial charge >= 0.3 is 0 Å². The van der Waals surface area contributed by atoms with Crippen molar-refractivity contribution in [3.63, 3.8) is 0 Å². The molecule has 0 fully saturated rings. The Hall–Kier alpha value is -2.14. The molecule has 0 saturated heterocycles. The Morgan fingerprint density at radius 2 is 1.15 bits per heavy atom. The number of rotatable bonds is 15. The van der Waals surface area contributed by atoms with Gasteiger partial charge in [-0.15, -0.1) is 0 Å². The van der Waals surface area contributed by atoms with Crippen molar-refractivity contribution in [3.05, 3.63) is 44.3 Å². The highest BCUT2D eigenvalue weighted by Gasteiger charge is 2.09. The van der Waals surface area contributed by atoms with Crippen molar-refractivity contribution in [2.75, 3.05) is 40.4 Å². The number of ether oxygens (including phenoxy) is 2. The predicted octanol–water partition coefficient (Wildman–Crippen LogP) is 4.44. The molecule has 4 N–H and O–H groups in total. The van der Waals surface area contributed by atoms with Crippen molar-refractivity contribution in [2.45, 2.75) is 25.9 Å². The molecule has 8 nitrogen and oxygen atoms in total. The Bertz CT molecular complexity index is 893. The second-order valence-corrected chi connectivity index (χ2v) is 9.19. The fourth-order valence-corrected chi connectivity index (χ4v) is 4.05. The third-order valence-corrected chi connectivity index (χ3v) is 5.75. The van der Waals surface area contributed by atoms with Crippen LogP contribution in [0.15, 0.2) is 43.2 Å². The Morgan fingerprint density at radius 3 is 1.53 bits per heavy atom. The lowest BCUT2D eigenvalue weighted by molar-refractivity contribution is 0.370. The van der Waals surface area contributed by atoms with Crippen LogP contribution in [0.5, 0.6) is 23.0 Å². The van der Waals surface area contributed by atoms with Crippen LogP contribution in [0.2, 0.25) is 0 Å². The van der Waals surface area contributed by atoms with Gasteiger partial charge in [0.2, 0.25) is 0 Å². The van der Waals surface area contributed by atoms with E-state index in [1.54, 1.807) is 12.1 Å². The molecule has 0 saturated carbocycles. The first kappa shape index (κ1) is 28.1. The van der Waals surface area contributed by atoms with E-state index in [2.05, 4.69) is 52.5 Å². The lowest BCUT2D eigenvalue weighted by Gasteiger charge is -2.08. The summed E-state index contributed by atoms with van der Waals surface area (Å²) in [6, 6.07) is 7.12. The molecule has 186 valence electrons. The van der Waals surface area contributed by atoms with Crippen LogP contribution in [0.1, 0.15) is 24.0 Å². The van der Waals surface area contributed by atoms with Gasteiger partial charge < -0.3 is 30.3 Å². The van der Waals surface area contributed by atoms with Crippen LogP contribution in [0.4, 0.5) is 0 Å². The van der Waals surface area contributed by atoms with Gasteiger partial charge in [-0.05, 0) is 37.1 Å². The van der Waals surface area contributed by atoms with Gasteiger partial charge in [0, 0.05) is 58.7 Å². The second-order valence-electron chi connectivity index (χ2n) is 7.36. The van der Waals surface area contributed by atoms with E-state index in [4.69, 9.17) is 9.47 Å². The fraction of sp³-hybridized carbons (Fsp3) is 0.417. The van der Waals surface area contributed by atoms with Gasteiger partial charge in [-0.25, -0.2) is 0 Å². The standard InChI is InChI=1S/C24H32Br2N4O4/c1-33-21-13-19(25)11-17(23(21)31)15-29-7-3-5-27-9-10-28-6-4-8-30-16-18-12-20(26)14-22(34-2)24(18)32/h7-8,11-14,27-28,31-32H,3-6,9-10,15-16H2,1-2H3/b29-7-,30-8-. The molecule has 0 spiro atoms. The topological polar surface area (TPSA) is 108 Å². The molecule has 2 aromatic rings. The maximum Gasteiger partial charge on any atom is 0.162 e. The van der Waals surface area contributed by atoms with E-state index in [0.717, 1.165) is 59.1 Å². The molecule has 0 aliphatic rings. The van der Waals surface area contributed by atoms with Crippen molar-refractivity contribution in [1.82, 2.24) is 10.6 Å². The average Bonchev–Trinajstić information content (AvgIpc) is 2.82. The lowest BCUT2D eigenvalue weighted by Crippen LogP contribution is -2.28.